The van der Waals surface area contributed by atoms with Gasteiger partial charge in [0.2, 0.25) is 12.3 Å². The van der Waals surface area contributed by atoms with Crippen molar-refractivity contribution < 1.29 is 23.7 Å². The van der Waals surface area contributed by atoms with E-state index in [1.807, 2.05) is 42.6 Å². The van der Waals surface area contributed by atoms with Crippen molar-refractivity contribution >= 4 is 23.7 Å². The maximum absolute atomic E-state index is 13.1. The van der Waals surface area contributed by atoms with Crippen molar-refractivity contribution in [2.75, 3.05) is 32.2 Å². The molecule has 1 aliphatic rings. The van der Waals surface area contributed by atoms with Gasteiger partial charge < -0.3 is 19.7 Å². The van der Waals surface area contributed by atoms with Crippen LogP contribution in [0.2, 0.25) is 0 Å². The fraction of sp³-hybridized carbons (Fsp3) is 0.276. The van der Waals surface area contributed by atoms with Crippen molar-refractivity contribution in [2.24, 2.45) is 0 Å². The molecule has 37 heavy (non-hydrogen) atoms. The second kappa shape index (κ2) is 11.6. The molecule has 2 atom stereocenters. The minimum atomic E-state index is -0.811. The standard InChI is InChI=1S/C29H32N4O4/c1-5-32(6-2)23-13-7-20(8-14-23)19-33-27(21-9-15-24(36-3)16-10-21)26(29(35)31-33)30-28(34)22-11-17-25(37-4)18-12-22/h7-19,26-27H,5-6H2,1-4H3,(H-,30,31,34,35)/p+1/t26-,27-/m0/s1. The molecule has 192 valence electrons. The quantitative estimate of drug-likeness (QED) is 0.438. The molecule has 0 radical (unpaired) electrons. The number of carbonyl (C=O) groups excluding carboxylic acids is 2. The lowest BCUT2D eigenvalue weighted by atomic mass is 9.99. The largest absolute Gasteiger partial charge is 0.497 e. The van der Waals surface area contributed by atoms with Crippen molar-refractivity contribution in [2.45, 2.75) is 25.9 Å². The van der Waals surface area contributed by atoms with Crippen LogP contribution in [0.1, 0.15) is 41.4 Å². The van der Waals surface area contributed by atoms with E-state index in [1.54, 1.807) is 43.2 Å². The van der Waals surface area contributed by atoms with Gasteiger partial charge in [0, 0.05) is 35.5 Å². The number of hydrazone groups is 1. The summed E-state index contributed by atoms with van der Waals surface area (Å²) >= 11 is 0. The smallest absolute Gasteiger partial charge is 0.304 e. The molecule has 0 spiro atoms. The number of hydrogen-bond acceptors (Lipinski definition) is 5. The van der Waals surface area contributed by atoms with Crippen LogP contribution in [-0.4, -0.2) is 56.1 Å². The van der Waals surface area contributed by atoms with Crippen LogP contribution >= 0.6 is 0 Å². The van der Waals surface area contributed by atoms with Gasteiger partial charge in [0.25, 0.3) is 5.91 Å². The molecule has 4 rings (SSSR count). The average molecular weight is 502 g/mol. The highest BCUT2D eigenvalue weighted by atomic mass is 16.5. The van der Waals surface area contributed by atoms with Crippen LogP contribution < -0.4 is 25.1 Å². The van der Waals surface area contributed by atoms with Crippen LogP contribution in [0, 0.1) is 0 Å². The first-order chi connectivity index (χ1) is 18.0. The lowest BCUT2D eigenvalue weighted by Gasteiger charge is -2.20. The minimum Gasteiger partial charge on any atom is -0.497 e. The average Bonchev–Trinajstić information content (AvgIpc) is 3.24. The van der Waals surface area contributed by atoms with Gasteiger partial charge in [0.15, 0.2) is 6.04 Å². The third-order valence-electron chi connectivity index (χ3n) is 6.54. The van der Waals surface area contributed by atoms with Gasteiger partial charge in [-0.25, -0.2) is 0 Å². The molecule has 8 nitrogen and oxygen atoms in total. The van der Waals surface area contributed by atoms with E-state index in [2.05, 4.69) is 41.6 Å². The number of amides is 2. The Balaban J connectivity index is 1.65. The van der Waals surface area contributed by atoms with Crippen LogP contribution in [0.25, 0.3) is 0 Å². The first-order valence-electron chi connectivity index (χ1n) is 12.3. The number of ether oxygens (including phenoxy) is 2. The summed E-state index contributed by atoms with van der Waals surface area (Å²) in [7, 11) is 3.18. The van der Waals surface area contributed by atoms with E-state index in [0.29, 0.717) is 17.1 Å². The number of rotatable bonds is 9. The first-order valence-corrected chi connectivity index (χ1v) is 12.3. The van der Waals surface area contributed by atoms with Crippen molar-refractivity contribution in [1.82, 2.24) is 10.7 Å². The van der Waals surface area contributed by atoms with E-state index in [0.717, 1.165) is 29.9 Å². The van der Waals surface area contributed by atoms with Crippen molar-refractivity contribution in [3.8, 4) is 11.5 Å². The summed E-state index contributed by atoms with van der Waals surface area (Å²) in [6, 6.07) is 21.2. The molecule has 0 aliphatic carbocycles. The van der Waals surface area contributed by atoms with Crippen LogP contribution in [0.3, 0.4) is 0 Å². The predicted octanol–water partition coefficient (Wildman–Crippen LogP) is 3.57. The Kier molecular flexibility index (Phi) is 8.08. The fourth-order valence-electron chi connectivity index (χ4n) is 4.47. The summed E-state index contributed by atoms with van der Waals surface area (Å²) in [5.74, 6) is 0.729. The second-order valence-electron chi connectivity index (χ2n) is 8.67. The van der Waals surface area contributed by atoms with Gasteiger partial charge in [-0.3, -0.25) is 9.59 Å². The summed E-state index contributed by atoms with van der Waals surface area (Å²) in [6.07, 6.45) is 1.89. The first kappa shape index (κ1) is 25.8. The molecule has 1 aliphatic heterocycles. The Morgan fingerprint density at radius 2 is 1.49 bits per heavy atom. The Labute approximate surface area is 217 Å². The third kappa shape index (κ3) is 5.74. The van der Waals surface area contributed by atoms with Crippen LogP contribution in [0.4, 0.5) is 5.69 Å². The highest BCUT2D eigenvalue weighted by molar-refractivity contribution is 5.98. The monoisotopic (exact) mass is 501 g/mol. The van der Waals surface area contributed by atoms with Gasteiger partial charge >= 0.3 is 5.91 Å². The van der Waals surface area contributed by atoms with Crippen LogP contribution in [-0.2, 0) is 4.79 Å². The number of nitrogens with zero attached hydrogens (tertiary/aromatic N) is 2. The molecule has 0 unspecified atom stereocenters. The highest BCUT2D eigenvalue weighted by Crippen LogP contribution is 2.27. The number of nitrogens with one attached hydrogen (secondary N) is 2. The molecule has 0 bridgehead atoms. The normalized spacial score (nSPS) is 17.8. The highest BCUT2D eigenvalue weighted by Gasteiger charge is 2.47. The summed E-state index contributed by atoms with van der Waals surface area (Å²) in [4.78, 5) is 28.5. The lowest BCUT2D eigenvalue weighted by Crippen LogP contribution is -2.42. The Morgan fingerprint density at radius 1 is 0.919 bits per heavy atom. The van der Waals surface area contributed by atoms with Gasteiger partial charge in [-0.1, -0.05) is 0 Å². The summed E-state index contributed by atoms with van der Waals surface area (Å²) in [6.45, 7) is 6.11. The molecule has 0 saturated carbocycles. The topological polar surface area (TPSA) is 82.9 Å². The lowest BCUT2D eigenvalue weighted by molar-refractivity contribution is -0.596. The number of benzene rings is 3. The molecular weight excluding hydrogens is 468 g/mol. The van der Waals surface area contributed by atoms with Crippen LogP contribution in [0.5, 0.6) is 11.5 Å². The minimum absolute atomic E-state index is 0.293. The SMILES string of the molecule is CCN(CC)c1ccc(/C=[N+]2\NC(=O)[C@@H](NC(=O)c3ccc(OC)cc3)[C@@H]2c2ccc(OC)cc2)cc1. The van der Waals surface area contributed by atoms with Crippen LogP contribution in [0.15, 0.2) is 72.8 Å². The van der Waals surface area contributed by atoms with Crippen molar-refractivity contribution in [3.63, 3.8) is 0 Å². The maximum Gasteiger partial charge on any atom is 0.304 e. The third-order valence-corrected chi connectivity index (χ3v) is 6.54. The van der Waals surface area contributed by atoms with E-state index in [9.17, 15) is 9.59 Å². The Hall–Kier alpha value is -4.33. The molecule has 2 amide bonds. The maximum atomic E-state index is 13.1. The fourth-order valence-corrected chi connectivity index (χ4v) is 4.47. The second-order valence-corrected chi connectivity index (χ2v) is 8.67. The molecule has 1 fully saturated rings. The molecule has 8 heteroatoms. The molecule has 1 saturated heterocycles. The van der Waals surface area contributed by atoms with Gasteiger partial charge in [-0.2, -0.15) is 0 Å². The van der Waals surface area contributed by atoms with Gasteiger partial charge in [-0.15, -0.1) is 10.1 Å². The number of hydrogen-bond donors (Lipinski definition) is 2. The van der Waals surface area contributed by atoms with Gasteiger partial charge in [-0.05, 0) is 86.6 Å². The zero-order valence-corrected chi connectivity index (χ0v) is 21.6. The summed E-state index contributed by atoms with van der Waals surface area (Å²) in [5.41, 5.74) is 6.29. The Bertz CT molecular complexity index is 1250. The van der Waals surface area contributed by atoms with E-state index in [4.69, 9.17) is 9.47 Å². The number of anilines is 1. The van der Waals surface area contributed by atoms with Gasteiger partial charge in [0.05, 0.1) is 14.2 Å². The zero-order valence-electron chi connectivity index (χ0n) is 21.6. The number of carbonyl (C=O) groups is 2. The molecule has 3 aromatic rings. The van der Waals surface area contributed by atoms with E-state index in [1.165, 1.54) is 0 Å². The summed E-state index contributed by atoms with van der Waals surface area (Å²) < 4.78 is 12.2. The van der Waals surface area contributed by atoms with E-state index >= 15 is 0 Å². The van der Waals surface area contributed by atoms with E-state index < -0.39 is 12.1 Å². The zero-order chi connectivity index (χ0) is 26.4. The number of hydrazine groups is 1. The molecule has 1 heterocycles. The predicted molar refractivity (Wildman–Crippen MR) is 144 cm³/mol. The molecule has 3 aromatic carbocycles. The number of methoxy groups -OCH3 is 2. The molecule has 0 aromatic heterocycles. The van der Waals surface area contributed by atoms with Crippen molar-refractivity contribution in [3.05, 3.63) is 89.5 Å². The van der Waals surface area contributed by atoms with E-state index in [-0.39, 0.29) is 11.8 Å². The summed E-state index contributed by atoms with van der Waals surface area (Å²) in [5, 5.41) is 2.92. The molecule has 2 N–H and O–H groups in total. The Morgan fingerprint density at radius 3 is 2.03 bits per heavy atom. The van der Waals surface area contributed by atoms with Gasteiger partial charge in [0.1, 0.15) is 11.5 Å². The van der Waals surface area contributed by atoms with Crippen molar-refractivity contribution in [1.29, 1.82) is 0 Å². The molecular formula is C29H33N4O4+.